The molecular formula is C13H15N3O5. The van der Waals surface area contributed by atoms with E-state index in [1.807, 2.05) is 0 Å². The van der Waals surface area contributed by atoms with Crippen molar-refractivity contribution in [3.63, 3.8) is 0 Å². The second-order valence-electron chi connectivity index (χ2n) is 4.63. The van der Waals surface area contributed by atoms with E-state index in [4.69, 9.17) is 5.11 Å². The lowest BCUT2D eigenvalue weighted by Crippen LogP contribution is -2.56. The predicted octanol–water partition coefficient (Wildman–Crippen LogP) is 0.443. The summed E-state index contributed by atoms with van der Waals surface area (Å²) in [5.74, 6) is -1.77. The smallest absolute Gasteiger partial charge is 0.335 e. The highest BCUT2D eigenvalue weighted by Crippen LogP contribution is 2.25. The number of carbonyl (C=O) groups is 3. The van der Waals surface area contributed by atoms with Gasteiger partial charge in [0, 0.05) is 13.1 Å². The molecule has 0 saturated carbocycles. The Labute approximate surface area is 120 Å². The van der Waals surface area contributed by atoms with E-state index in [9.17, 15) is 19.5 Å². The summed E-state index contributed by atoms with van der Waals surface area (Å²) in [6.07, 6.45) is 0. The molecule has 0 bridgehead atoms. The van der Waals surface area contributed by atoms with E-state index in [-0.39, 0.29) is 22.9 Å². The molecule has 8 nitrogen and oxygen atoms in total. The van der Waals surface area contributed by atoms with Crippen LogP contribution in [0.5, 0.6) is 5.75 Å². The zero-order chi connectivity index (χ0) is 15.6. The van der Waals surface area contributed by atoms with Crippen molar-refractivity contribution in [1.82, 2.24) is 10.2 Å². The fraction of sp³-hybridized carbons (Fsp3) is 0.308. The van der Waals surface area contributed by atoms with Crippen molar-refractivity contribution in [2.75, 3.05) is 18.4 Å². The first-order chi connectivity index (χ1) is 9.90. The second kappa shape index (κ2) is 5.70. The van der Waals surface area contributed by atoms with Crippen LogP contribution in [0, 0.1) is 0 Å². The first-order valence-corrected chi connectivity index (χ1v) is 6.32. The maximum Gasteiger partial charge on any atom is 0.335 e. The first kappa shape index (κ1) is 14.6. The number of rotatable bonds is 2. The third-order valence-corrected chi connectivity index (χ3v) is 3.25. The molecule has 2 rings (SSSR count). The number of nitrogens with zero attached hydrogens (tertiary/aromatic N) is 1. The molecule has 1 heterocycles. The molecule has 0 aliphatic carbocycles. The second-order valence-corrected chi connectivity index (χ2v) is 4.63. The summed E-state index contributed by atoms with van der Waals surface area (Å²) >= 11 is 0. The Kier molecular flexibility index (Phi) is 3.97. The number of carboxylic acid groups (broad SMARTS) is 1. The third-order valence-electron chi connectivity index (χ3n) is 3.25. The molecule has 4 N–H and O–H groups in total. The van der Waals surface area contributed by atoms with E-state index < -0.39 is 18.0 Å². The molecule has 0 radical (unpaired) electrons. The fourth-order valence-corrected chi connectivity index (χ4v) is 2.02. The Bertz CT molecular complexity index is 601. The topological polar surface area (TPSA) is 119 Å². The highest BCUT2D eigenvalue weighted by molar-refractivity contribution is 5.96. The van der Waals surface area contributed by atoms with Crippen molar-refractivity contribution in [3.05, 3.63) is 23.8 Å². The van der Waals surface area contributed by atoms with Crippen LogP contribution in [0.15, 0.2) is 18.2 Å². The van der Waals surface area contributed by atoms with Crippen molar-refractivity contribution in [3.8, 4) is 5.75 Å². The zero-order valence-corrected chi connectivity index (χ0v) is 11.3. The Morgan fingerprint density at radius 2 is 2.14 bits per heavy atom. The average molecular weight is 293 g/mol. The van der Waals surface area contributed by atoms with Gasteiger partial charge in [0.25, 0.3) is 0 Å². The summed E-state index contributed by atoms with van der Waals surface area (Å²) in [5, 5.41) is 23.6. The number of aromatic hydroxyl groups is 1. The number of nitrogens with one attached hydrogen (secondary N) is 2. The first-order valence-electron chi connectivity index (χ1n) is 6.32. The predicted molar refractivity (Wildman–Crippen MR) is 73.3 cm³/mol. The number of phenolic OH excluding ortho intramolecular Hbond substituents is 1. The minimum Gasteiger partial charge on any atom is -0.506 e. The lowest BCUT2D eigenvalue weighted by Gasteiger charge is -2.32. The molecule has 1 atom stereocenters. The Hall–Kier alpha value is -2.77. The van der Waals surface area contributed by atoms with E-state index in [1.165, 1.54) is 17.0 Å². The summed E-state index contributed by atoms with van der Waals surface area (Å²) in [6.45, 7) is 2.31. The lowest BCUT2D eigenvalue weighted by molar-refractivity contribution is -0.126. The molecule has 1 aromatic rings. The van der Waals surface area contributed by atoms with Crippen LogP contribution in [0.2, 0.25) is 0 Å². The van der Waals surface area contributed by atoms with Gasteiger partial charge in [-0.2, -0.15) is 0 Å². The quantitative estimate of drug-likeness (QED) is 0.590. The maximum atomic E-state index is 12.1. The molecule has 1 aliphatic rings. The van der Waals surface area contributed by atoms with Crippen LogP contribution in [-0.4, -0.2) is 52.2 Å². The normalized spacial score (nSPS) is 18.0. The maximum absolute atomic E-state index is 12.1. The number of anilines is 1. The van der Waals surface area contributed by atoms with Crippen LogP contribution in [0.25, 0.3) is 0 Å². The van der Waals surface area contributed by atoms with Crippen molar-refractivity contribution in [1.29, 1.82) is 0 Å². The van der Waals surface area contributed by atoms with E-state index in [0.717, 1.165) is 6.07 Å². The Morgan fingerprint density at radius 1 is 1.43 bits per heavy atom. The van der Waals surface area contributed by atoms with Gasteiger partial charge in [0.2, 0.25) is 5.91 Å². The summed E-state index contributed by atoms with van der Waals surface area (Å²) in [4.78, 5) is 35.7. The molecule has 1 unspecified atom stereocenters. The number of piperazine rings is 1. The number of phenols is 1. The van der Waals surface area contributed by atoms with Crippen molar-refractivity contribution < 1.29 is 24.6 Å². The van der Waals surface area contributed by atoms with Gasteiger partial charge < -0.3 is 25.7 Å². The molecule has 0 aromatic heterocycles. The highest BCUT2D eigenvalue weighted by Gasteiger charge is 2.29. The van der Waals surface area contributed by atoms with E-state index in [1.54, 1.807) is 6.92 Å². The van der Waals surface area contributed by atoms with Gasteiger partial charge in [0.15, 0.2) is 0 Å². The molecule has 1 saturated heterocycles. The van der Waals surface area contributed by atoms with Crippen LogP contribution in [-0.2, 0) is 4.79 Å². The van der Waals surface area contributed by atoms with Gasteiger partial charge >= 0.3 is 12.0 Å². The standard InChI is InChI=1S/C13H15N3O5/c1-7-11(18)14-4-5-16(7)13(21)15-9-3-2-8(12(19)20)6-10(9)17/h2-3,6-7,17H,4-5H2,1H3,(H,14,18)(H,15,21)(H,19,20). The van der Waals surface area contributed by atoms with Crippen molar-refractivity contribution in [2.45, 2.75) is 13.0 Å². The zero-order valence-electron chi connectivity index (χ0n) is 11.3. The summed E-state index contributed by atoms with van der Waals surface area (Å²) < 4.78 is 0. The summed E-state index contributed by atoms with van der Waals surface area (Å²) in [6, 6.07) is 2.47. The number of amides is 3. The van der Waals surface area contributed by atoms with Gasteiger partial charge in [-0.05, 0) is 25.1 Å². The largest absolute Gasteiger partial charge is 0.506 e. The van der Waals surface area contributed by atoms with E-state index >= 15 is 0 Å². The number of hydrogen-bond donors (Lipinski definition) is 4. The van der Waals surface area contributed by atoms with Gasteiger partial charge in [0.05, 0.1) is 11.3 Å². The van der Waals surface area contributed by atoms with E-state index in [0.29, 0.717) is 13.1 Å². The van der Waals surface area contributed by atoms with Gasteiger partial charge in [-0.1, -0.05) is 0 Å². The van der Waals surface area contributed by atoms with Crippen molar-refractivity contribution >= 4 is 23.6 Å². The van der Waals surface area contributed by atoms with Gasteiger partial charge in [-0.3, -0.25) is 4.79 Å². The van der Waals surface area contributed by atoms with Gasteiger partial charge in [0.1, 0.15) is 11.8 Å². The molecule has 21 heavy (non-hydrogen) atoms. The SMILES string of the molecule is CC1C(=O)NCCN1C(=O)Nc1ccc(C(=O)O)cc1O. The number of benzene rings is 1. The number of hydrogen-bond acceptors (Lipinski definition) is 4. The molecule has 1 fully saturated rings. The lowest BCUT2D eigenvalue weighted by atomic mass is 10.2. The molecule has 1 aromatic carbocycles. The molecule has 8 heteroatoms. The van der Waals surface area contributed by atoms with Crippen molar-refractivity contribution in [2.24, 2.45) is 0 Å². The minimum atomic E-state index is -1.18. The fourth-order valence-electron chi connectivity index (χ4n) is 2.02. The molecular weight excluding hydrogens is 278 g/mol. The number of carbonyl (C=O) groups excluding carboxylic acids is 2. The number of carboxylic acids is 1. The molecule has 3 amide bonds. The van der Waals surface area contributed by atoms with Crippen LogP contribution in [0.1, 0.15) is 17.3 Å². The molecule has 1 aliphatic heterocycles. The average Bonchev–Trinajstić information content (AvgIpc) is 2.43. The molecule has 112 valence electrons. The van der Waals surface area contributed by atoms with Crippen LogP contribution in [0.4, 0.5) is 10.5 Å². The Balaban J connectivity index is 2.12. The summed E-state index contributed by atoms with van der Waals surface area (Å²) in [5.41, 5.74) is -0.000557. The minimum absolute atomic E-state index is 0.0863. The molecule has 0 spiro atoms. The van der Waals surface area contributed by atoms with Crippen LogP contribution < -0.4 is 10.6 Å². The van der Waals surface area contributed by atoms with Crippen LogP contribution >= 0.6 is 0 Å². The highest BCUT2D eigenvalue weighted by atomic mass is 16.4. The Morgan fingerprint density at radius 3 is 2.76 bits per heavy atom. The summed E-state index contributed by atoms with van der Waals surface area (Å²) in [7, 11) is 0. The monoisotopic (exact) mass is 293 g/mol. The van der Waals surface area contributed by atoms with Gasteiger partial charge in [-0.25, -0.2) is 9.59 Å². The number of aromatic carboxylic acids is 1. The third kappa shape index (κ3) is 3.04. The van der Waals surface area contributed by atoms with Crippen LogP contribution in [0.3, 0.4) is 0 Å². The van der Waals surface area contributed by atoms with Gasteiger partial charge in [-0.15, -0.1) is 0 Å². The van der Waals surface area contributed by atoms with E-state index in [2.05, 4.69) is 10.6 Å². The number of urea groups is 1.